The fourth-order valence-electron chi connectivity index (χ4n) is 4.19. The van der Waals surface area contributed by atoms with Gasteiger partial charge in [0, 0.05) is 17.1 Å². The Kier molecular flexibility index (Phi) is 7.09. The summed E-state index contributed by atoms with van der Waals surface area (Å²) in [4.78, 5) is 13.2. The molecule has 0 saturated carbocycles. The van der Waals surface area contributed by atoms with E-state index in [2.05, 4.69) is 15.5 Å². The summed E-state index contributed by atoms with van der Waals surface area (Å²) in [5.74, 6) is -0.330. The topological polar surface area (TPSA) is 95.2 Å². The molecule has 2 heterocycles. The zero-order valence-corrected chi connectivity index (χ0v) is 20.3. The van der Waals surface area contributed by atoms with Crippen molar-refractivity contribution in [3.8, 4) is 0 Å². The number of aryl methyl sites for hydroxylation is 1. The molecule has 1 saturated heterocycles. The van der Waals surface area contributed by atoms with Crippen LogP contribution in [0.2, 0.25) is 10.2 Å². The largest absolute Gasteiger partial charge is 0.355 e. The van der Waals surface area contributed by atoms with Crippen LogP contribution >= 0.6 is 23.2 Å². The van der Waals surface area contributed by atoms with E-state index in [0.717, 1.165) is 6.42 Å². The lowest BCUT2D eigenvalue weighted by Gasteiger charge is -2.36. The lowest BCUT2D eigenvalue weighted by atomic mass is 9.97. The number of hydrogen-bond donors (Lipinski definition) is 2. The lowest BCUT2D eigenvalue weighted by Crippen LogP contribution is -2.50. The van der Waals surface area contributed by atoms with Crippen molar-refractivity contribution in [1.82, 2.24) is 19.8 Å². The first-order valence-electron chi connectivity index (χ1n) is 10.6. The van der Waals surface area contributed by atoms with Crippen molar-refractivity contribution in [2.75, 3.05) is 6.54 Å². The van der Waals surface area contributed by atoms with Crippen molar-refractivity contribution in [3.63, 3.8) is 0 Å². The molecule has 1 aliphatic rings. The lowest BCUT2D eigenvalue weighted by molar-refractivity contribution is -0.125. The van der Waals surface area contributed by atoms with Crippen molar-refractivity contribution < 1.29 is 13.2 Å². The fraction of sp³-hybridized carbons (Fsp3) is 0.304. The van der Waals surface area contributed by atoms with Crippen molar-refractivity contribution in [2.45, 2.75) is 43.2 Å². The van der Waals surface area contributed by atoms with E-state index in [1.165, 1.54) is 28.6 Å². The van der Waals surface area contributed by atoms with E-state index in [-0.39, 0.29) is 16.0 Å². The van der Waals surface area contributed by atoms with Gasteiger partial charge >= 0.3 is 0 Å². The molecule has 1 aliphatic heterocycles. The van der Waals surface area contributed by atoms with Crippen LogP contribution < -0.4 is 5.32 Å². The van der Waals surface area contributed by atoms with Crippen molar-refractivity contribution in [1.29, 1.82) is 0 Å². The number of benzene rings is 2. The van der Waals surface area contributed by atoms with Crippen LogP contribution in [0.25, 0.3) is 0 Å². The van der Waals surface area contributed by atoms with Gasteiger partial charge in [0.1, 0.15) is 11.2 Å². The molecule has 3 aromatic rings. The molecular formula is C23H24Cl2N4O3S. The molecule has 0 spiro atoms. The van der Waals surface area contributed by atoms with E-state index in [4.69, 9.17) is 23.2 Å². The highest BCUT2D eigenvalue weighted by Gasteiger charge is 2.44. The molecule has 10 heteroatoms. The predicted octanol–water partition coefficient (Wildman–Crippen LogP) is 4.47. The Morgan fingerprint density at radius 3 is 2.39 bits per heavy atom. The second kappa shape index (κ2) is 9.85. The van der Waals surface area contributed by atoms with Gasteiger partial charge in [0.15, 0.2) is 0 Å². The second-order valence-electron chi connectivity index (χ2n) is 7.94. The van der Waals surface area contributed by atoms with Gasteiger partial charge in [-0.1, -0.05) is 53.5 Å². The number of amides is 1. The van der Waals surface area contributed by atoms with Crippen LogP contribution in [-0.4, -0.2) is 41.4 Å². The summed E-state index contributed by atoms with van der Waals surface area (Å²) in [5, 5.41) is 10.5. The molecule has 7 nitrogen and oxygen atoms in total. The first-order valence-corrected chi connectivity index (χ1v) is 12.8. The number of rotatable bonds is 6. The van der Waals surface area contributed by atoms with Crippen LogP contribution in [0.15, 0.2) is 59.5 Å². The van der Waals surface area contributed by atoms with E-state index in [0.29, 0.717) is 41.2 Å². The van der Waals surface area contributed by atoms with Gasteiger partial charge in [-0.15, -0.1) is 0 Å². The zero-order chi connectivity index (χ0) is 23.6. The molecule has 174 valence electrons. The molecule has 0 aliphatic carbocycles. The molecule has 0 radical (unpaired) electrons. The molecule has 4 rings (SSSR count). The Bertz CT molecular complexity index is 1210. The number of halogens is 2. The highest BCUT2D eigenvalue weighted by Crippen LogP contribution is 2.40. The minimum Gasteiger partial charge on any atom is -0.355 e. The average Bonchev–Trinajstić information content (AvgIpc) is 2.99. The minimum atomic E-state index is -4.16. The molecule has 0 bridgehead atoms. The number of H-pyrrole nitrogens is 1. The highest BCUT2D eigenvalue weighted by molar-refractivity contribution is 7.89. The van der Waals surface area contributed by atoms with Gasteiger partial charge in [-0.3, -0.25) is 9.89 Å². The molecule has 1 amide bonds. The molecule has 2 N–H and O–H groups in total. The van der Waals surface area contributed by atoms with Crippen LogP contribution in [0.5, 0.6) is 0 Å². The third-order valence-electron chi connectivity index (χ3n) is 5.79. The minimum absolute atomic E-state index is 0.0437. The average molecular weight is 507 g/mol. The number of nitrogens with one attached hydrogen (secondary N) is 2. The second-order valence-corrected chi connectivity index (χ2v) is 10.6. The third-order valence-corrected chi connectivity index (χ3v) is 8.22. The van der Waals surface area contributed by atoms with E-state index in [1.807, 2.05) is 30.3 Å². The van der Waals surface area contributed by atoms with Gasteiger partial charge in [0.25, 0.3) is 0 Å². The van der Waals surface area contributed by atoms with Gasteiger partial charge in [0.05, 0.1) is 16.6 Å². The third kappa shape index (κ3) is 4.80. The number of aromatic nitrogens is 2. The summed E-state index contributed by atoms with van der Waals surface area (Å²) in [7, 11) is -4.16. The number of sulfonamides is 1. The predicted molar refractivity (Wildman–Crippen MR) is 128 cm³/mol. The summed E-state index contributed by atoms with van der Waals surface area (Å²) < 4.78 is 29.6. The smallest absolute Gasteiger partial charge is 0.244 e. The number of carbonyl (C=O) groups is 1. The van der Waals surface area contributed by atoms with E-state index in [9.17, 15) is 13.2 Å². The summed E-state index contributed by atoms with van der Waals surface area (Å²) in [6.07, 6.45) is 1.87. The first-order chi connectivity index (χ1) is 15.8. The van der Waals surface area contributed by atoms with E-state index < -0.39 is 22.1 Å². The Balaban J connectivity index is 1.98. The molecule has 2 aromatic carbocycles. The van der Waals surface area contributed by atoms with Crippen molar-refractivity contribution in [3.05, 3.63) is 81.6 Å². The molecular weight excluding hydrogens is 483 g/mol. The molecule has 2 unspecified atom stereocenters. The number of hydrogen-bond acceptors (Lipinski definition) is 4. The fourth-order valence-corrected chi connectivity index (χ4v) is 6.36. The Morgan fingerprint density at radius 1 is 1.06 bits per heavy atom. The van der Waals surface area contributed by atoms with Crippen molar-refractivity contribution >= 4 is 39.1 Å². The van der Waals surface area contributed by atoms with E-state index in [1.54, 1.807) is 6.92 Å². The van der Waals surface area contributed by atoms with Crippen LogP contribution in [0, 0.1) is 6.92 Å². The Hall–Kier alpha value is -2.39. The van der Waals surface area contributed by atoms with Crippen LogP contribution in [0.1, 0.15) is 42.1 Å². The summed E-state index contributed by atoms with van der Waals surface area (Å²) in [6, 6.07) is 13.3. The maximum Gasteiger partial charge on any atom is 0.244 e. The van der Waals surface area contributed by atoms with Gasteiger partial charge in [-0.25, -0.2) is 8.42 Å². The van der Waals surface area contributed by atoms with Crippen LogP contribution in [0.3, 0.4) is 0 Å². The maximum atomic E-state index is 14.2. The molecule has 1 fully saturated rings. The SMILES string of the molecule is Cc1n[nH]c(Cl)c1C(c1ccccc1)N(C1CCCCNC1=O)S(=O)(=O)c1ccc(Cl)cc1. The van der Waals surface area contributed by atoms with Crippen LogP contribution in [-0.2, 0) is 14.8 Å². The number of carbonyl (C=O) groups excluding carboxylic acids is 1. The number of aromatic amines is 1. The first kappa shape index (κ1) is 23.8. The normalized spacial score (nSPS) is 18.1. The van der Waals surface area contributed by atoms with Gasteiger partial charge in [-0.05, 0) is 56.0 Å². The molecule has 33 heavy (non-hydrogen) atoms. The zero-order valence-electron chi connectivity index (χ0n) is 18.0. The standard InChI is InChI=1S/C23H24Cl2N4O3S/c1-15-20(22(25)28-27-15)21(16-7-3-2-4-8-16)29(19-9-5-6-14-26-23(19)30)33(31,32)18-12-10-17(24)11-13-18/h2-4,7-8,10-13,19,21H,5-6,9,14H2,1H3,(H,26,30)(H,27,28). The summed E-state index contributed by atoms with van der Waals surface area (Å²) >= 11 is 12.5. The Labute approximate surface area is 203 Å². The van der Waals surface area contributed by atoms with Gasteiger partial charge in [-0.2, -0.15) is 9.40 Å². The number of nitrogens with zero attached hydrogens (tertiary/aromatic N) is 2. The van der Waals surface area contributed by atoms with E-state index >= 15 is 0 Å². The molecule has 2 atom stereocenters. The Morgan fingerprint density at radius 2 is 1.76 bits per heavy atom. The molecule has 1 aromatic heterocycles. The summed E-state index contributed by atoms with van der Waals surface area (Å²) in [5.41, 5.74) is 1.75. The van der Waals surface area contributed by atoms with Crippen molar-refractivity contribution in [2.24, 2.45) is 0 Å². The highest BCUT2D eigenvalue weighted by atomic mass is 35.5. The summed E-state index contributed by atoms with van der Waals surface area (Å²) in [6.45, 7) is 2.26. The quantitative estimate of drug-likeness (QED) is 0.515. The van der Waals surface area contributed by atoms with Crippen LogP contribution in [0.4, 0.5) is 0 Å². The van der Waals surface area contributed by atoms with Gasteiger partial charge in [0.2, 0.25) is 15.9 Å². The monoisotopic (exact) mass is 506 g/mol. The maximum absolute atomic E-state index is 14.2. The van der Waals surface area contributed by atoms with Gasteiger partial charge < -0.3 is 5.32 Å².